The molecule has 0 saturated carbocycles. The van der Waals surface area contributed by atoms with Crippen LogP contribution in [0.5, 0.6) is 5.75 Å². The van der Waals surface area contributed by atoms with Gasteiger partial charge in [0.1, 0.15) is 12.4 Å². The molecule has 0 bridgehead atoms. The third-order valence-electron chi connectivity index (χ3n) is 2.63. The number of ether oxygens (including phenoxy) is 1. The summed E-state index contributed by atoms with van der Waals surface area (Å²) in [6.45, 7) is 4.90. The van der Waals surface area contributed by atoms with Crippen molar-refractivity contribution in [2.45, 2.75) is 13.8 Å². The van der Waals surface area contributed by atoms with Crippen LogP contribution in [-0.2, 0) is 0 Å². The van der Waals surface area contributed by atoms with E-state index in [2.05, 4.69) is 20.5 Å². The molecule has 0 fully saturated rings. The second-order valence-corrected chi connectivity index (χ2v) is 4.15. The highest BCUT2D eigenvalue weighted by Gasteiger charge is 2.00. The maximum Gasteiger partial charge on any atom is 0.243 e. The quantitative estimate of drug-likeness (QED) is 0.626. The van der Waals surface area contributed by atoms with E-state index < -0.39 is 0 Å². The Morgan fingerprint density at radius 2 is 1.84 bits per heavy atom. The molecule has 0 radical (unpaired) electrons. The van der Waals surface area contributed by atoms with E-state index in [1.54, 1.807) is 12.1 Å². The minimum Gasteiger partial charge on any atom is -0.492 e. The maximum atomic E-state index is 5.59. The number of nitrogens with one attached hydrogen (secondary N) is 1. The van der Waals surface area contributed by atoms with Gasteiger partial charge in [0.2, 0.25) is 5.95 Å². The van der Waals surface area contributed by atoms with Crippen molar-refractivity contribution in [3.05, 3.63) is 35.7 Å². The zero-order valence-electron chi connectivity index (χ0n) is 11.1. The molecule has 0 amide bonds. The zero-order valence-corrected chi connectivity index (χ0v) is 11.1. The number of anilines is 2. The minimum atomic E-state index is 0.514. The van der Waals surface area contributed by atoms with Crippen LogP contribution in [0.4, 0.5) is 11.6 Å². The van der Waals surface area contributed by atoms with Crippen molar-refractivity contribution in [3.63, 3.8) is 0 Å². The van der Waals surface area contributed by atoms with Gasteiger partial charge < -0.3 is 15.8 Å². The first-order valence-corrected chi connectivity index (χ1v) is 6.05. The van der Waals surface area contributed by atoms with Gasteiger partial charge in [-0.05, 0) is 38.1 Å². The predicted molar refractivity (Wildman–Crippen MR) is 74.1 cm³/mol. The minimum absolute atomic E-state index is 0.514. The summed E-state index contributed by atoms with van der Waals surface area (Å²) in [4.78, 5) is 4.27. The van der Waals surface area contributed by atoms with E-state index >= 15 is 0 Å². The Balaban J connectivity index is 1.77. The molecule has 1 aromatic carbocycles. The topological polar surface area (TPSA) is 86.0 Å². The molecule has 6 heteroatoms. The third-order valence-corrected chi connectivity index (χ3v) is 2.63. The highest BCUT2D eigenvalue weighted by atomic mass is 16.5. The molecule has 100 valence electrons. The first-order valence-electron chi connectivity index (χ1n) is 6.05. The van der Waals surface area contributed by atoms with Crippen LogP contribution in [0.1, 0.15) is 11.4 Å². The number of aromatic nitrogens is 3. The first-order chi connectivity index (χ1) is 9.15. The van der Waals surface area contributed by atoms with Crippen LogP contribution < -0.4 is 15.8 Å². The first kappa shape index (κ1) is 13.1. The van der Waals surface area contributed by atoms with Crippen molar-refractivity contribution in [3.8, 4) is 5.75 Å². The van der Waals surface area contributed by atoms with E-state index in [0.29, 0.717) is 19.1 Å². The fraction of sp³-hybridized carbons (Fsp3) is 0.308. The van der Waals surface area contributed by atoms with Crippen LogP contribution in [0.3, 0.4) is 0 Å². The molecule has 0 spiro atoms. The van der Waals surface area contributed by atoms with Crippen molar-refractivity contribution in [1.29, 1.82) is 0 Å². The number of nitrogens with two attached hydrogens (primary N) is 1. The van der Waals surface area contributed by atoms with Gasteiger partial charge in [-0.1, -0.05) is 0 Å². The van der Waals surface area contributed by atoms with Gasteiger partial charge in [0.05, 0.1) is 17.9 Å². The largest absolute Gasteiger partial charge is 0.492 e. The molecule has 3 N–H and O–H groups in total. The number of aryl methyl sites for hydroxylation is 2. The number of nitrogens with zero attached hydrogens (tertiary/aromatic N) is 3. The molecule has 0 aliphatic carbocycles. The fourth-order valence-electron chi connectivity index (χ4n) is 1.43. The Morgan fingerprint density at radius 3 is 2.53 bits per heavy atom. The maximum absolute atomic E-state index is 5.59. The number of rotatable bonds is 5. The summed E-state index contributed by atoms with van der Waals surface area (Å²) in [5, 5.41) is 11.0. The predicted octanol–water partition coefficient (Wildman–Crippen LogP) is 1.56. The summed E-state index contributed by atoms with van der Waals surface area (Å²) in [6.07, 6.45) is 0. The Bertz CT molecular complexity index is 541. The van der Waals surface area contributed by atoms with Gasteiger partial charge in [-0.2, -0.15) is 5.10 Å². The summed E-state index contributed by atoms with van der Waals surface area (Å²) < 4.78 is 5.54. The molecule has 2 rings (SSSR count). The van der Waals surface area contributed by atoms with E-state index in [4.69, 9.17) is 10.5 Å². The van der Waals surface area contributed by atoms with Crippen LogP contribution in [0.25, 0.3) is 0 Å². The normalized spacial score (nSPS) is 10.2. The molecule has 0 saturated heterocycles. The van der Waals surface area contributed by atoms with Crippen molar-refractivity contribution in [1.82, 2.24) is 15.2 Å². The number of nitrogen functional groups attached to an aromatic ring is 1. The Morgan fingerprint density at radius 1 is 1.11 bits per heavy atom. The lowest BCUT2D eigenvalue weighted by Crippen LogP contribution is -2.14. The average molecular weight is 259 g/mol. The summed E-state index contributed by atoms with van der Waals surface area (Å²) >= 11 is 0. The van der Waals surface area contributed by atoms with E-state index in [-0.39, 0.29) is 0 Å². The molecule has 1 aromatic heterocycles. The van der Waals surface area contributed by atoms with E-state index in [0.717, 1.165) is 22.8 Å². The van der Waals surface area contributed by atoms with E-state index in [1.165, 1.54) is 0 Å². The molecule has 0 aliphatic heterocycles. The smallest absolute Gasteiger partial charge is 0.243 e. The molecule has 19 heavy (non-hydrogen) atoms. The van der Waals surface area contributed by atoms with Crippen molar-refractivity contribution < 1.29 is 4.74 Å². The molecule has 0 aliphatic rings. The lowest BCUT2D eigenvalue weighted by atomic mass is 10.3. The van der Waals surface area contributed by atoms with Crippen LogP contribution >= 0.6 is 0 Å². The Kier molecular flexibility index (Phi) is 4.12. The van der Waals surface area contributed by atoms with Gasteiger partial charge in [-0.3, -0.25) is 0 Å². The van der Waals surface area contributed by atoms with Crippen LogP contribution in [0.2, 0.25) is 0 Å². The van der Waals surface area contributed by atoms with Crippen LogP contribution in [0, 0.1) is 13.8 Å². The summed E-state index contributed by atoms with van der Waals surface area (Å²) in [7, 11) is 0. The van der Waals surface area contributed by atoms with E-state index in [9.17, 15) is 0 Å². The van der Waals surface area contributed by atoms with Crippen LogP contribution in [-0.4, -0.2) is 28.3 Å². The standard InChI is InChI=1S/C13H17N5O/c1-9-10(2)17-18-13(16-9)15-7-8-19-12-5-3-11(14)4-6-12/h3-6H,7-8,14H2,1-2H3,(H,15,16,18). The Hall–Kier alpha value is -2.37. The molecule has 1 heterocycles. The highest BCUT2D eigenvalue weighted by Crippen LogP contribution is 2.12. The number of hydrogen-bond donors (Lipinski definition) is 2. The molecular weight excluding hydrogens is 242 g/mol. The highest BCUT2D eigenvalue weighted by molar-refractivity contribution is 5.41. The van der Waals surface area contributed by atoms with Gasteiger partial charge in [0, 0.05) is 5.69 Å². The van der Waals surface area contributed by atoms with E-state index in [1.807, 2.05) is 26.0 Å². The molecule has 6 nitrogen and oxygen atoms in total. The SMILES string of the molecule is Cc1nnc(NCCOc2ccc(N)cc2)nc1C. The summed E-state index contributed by atoms with van der Waals surface area (Å²) in [5.74, 6) is 1.30. The fourth-order valence-corrected chi connectivity index (χ4v) is 1.43. The lowest BCUT2D eigenvalue weighted by Gasteiger charge is -2.08. The Labute approximate surface area is 112 Å². The third kappa shape index (κ3) is 3.80. The molecular formula is C13H17N5O. The van der Waals surface area contributed by atoms with Gasteiger partial charge in [-0.25, -0.2) is 4.98 Å². The van der Waals surface area contributed by atoms with Gasteiger partial charge in [-0.15, -0.1) is 5.10 Å². The number of hydrogen-bond acceptors (Lipinski definition) is 6. The lowest BCUT2D eigenvalue weighted by molar-refractivity contribution is 0.332. The second kappa shape index (κ2) is 5.99. The molecule has 0 unspecified atom stereocenters. The van der Waals surface area contributed by atoms with Crippen molar-refractivity contribution in [2.75, 3.05) is 24.2 Å². The summed E-state index contributed by atoms with van der Waals surface area (Å²) in [6, 6.07) is 7.28. The molecule has 0 atom stereocenters. The van der Waals surface area contributed by atoms with Gasteiger partial charge in [0.25, 0.3) is 0 Å². The zero-order chi connectivity index (χ0) is 13.7. The average Bonchev–Trinajstić information content (AvgIpc) is 2.41. The van der Waals surface area contributed by atoms with Crippen molar-refractivity contribution in [2.24, 2.45) is 0 Å². The van der Waals surface area contributed by atoms with Gasteiger partial charge in [0.15, 0.2) is 0 Å². The second-order valence-electron chi connectivity index (χ2n) is 4.15. The monoisotopic (exact) mass is 259 g/mol. The van der Waals surface area contributed by atoms with Gasteiger partial charge >= 0.3 is 0 Å². The summed E-state index contributed by atoms with van der Waals surface area (Å²) in [5.41, 5.74) is 8.02. The van der Waals surface area contributed by atoms with Crippen LogP contribution in [0.15, 0.2) is 24.3 Å². The van der Waals surface area contributed by atoms with Crippen molar-refractivity contribution >= 4 is 11.6 Å². The number of benzene rings is 1. The molecule has 2 aromatic rings.